The summed E-state index contributed by atoms with van der Waals surface area (Å²) in [5.41, 5.74) is 2.42. The molecule has 0 saturated heterocycles. The van der Waals surface area contributed by atoms with Gasteiger partial charge in [0, 0.05) is 15.4 Å². The molecule has 0 spiro atoms. The van der Waals surface area contributed by atoms with Crippen LogP contribution in [0.2, 0.25) is 0 Å². The summed E-state index contributed by atoms with van der Waals surface area (Å²) < 4.78 is 2.20. The van der Waals surface area contributed by atoms with Crippen LogP contribution in [-0.4, -0.2) is 11.1 Å². The van der Waals surface area contributed by atoms with Crippen molar-refractivity contribution < 1.29 is 9.90 Å². The Morgan fingerprint density at radius 1 is 1.25 bits per heavy atom. The summed E-state index contributed by atoms with van der Waals surface area (Å²) in [4.78, 5) is 10.4. The first kappa shape index (κ1) is 13.7. The van der Waals surface area contributed by atoms with E-state index in [0.29, 0.717) is 0 Å². The van der Waals surface area contributed by atoms with Crippen LogP contribution in [0.1, 0.15) is 30.4 Å². The number of hydrogen-bond donors (Lipinski definition) is 1. The molecule has 0 unspecified atom stereocenters. The molecular weight excluding hydrogens is 336 g/mol. The molecule has 0 aliphatic heterocycles. The van der Waals surface area contributed by atoms with Crippen molar-refractivity contribution in [3.8, 4) is 0 Å². The molecule has 0 radical (unpaired) electrons. The van der Waals surface area contributed by atoms with Gasteiger partial charge in [-0.2, -0.15) is 0 Å². The van der Waals surface area contributed by atoms with Crippen molar-refractivity contribution in [3.63, 3.8) is 0 Å². The highest BCUT2D eigenvalue weighted by molar-refractivity contribution is 9.11. The van der Waals surface area contributed by atoms with Gasteiger partial charge in [0.05, 0.1) is 0 Å². The van der Waals surface area contributed by atoms with Crippen LogP contribution in [0.15, 0.2) is 21.1 Å². The summed E-state index contributed by atoms with van der Waals surface area (Å²) in [7, 11) is 0. The van der Waals surface area contributed by atoms with Crippen molar-refractivity contribution in [2.24, 2.45) is 0 Å². The summed E-state index contributed by atoms with van der Waals surface area (Å²) in [6, 6.07) is 4.18. The van der Waals surface area contributed by atoms with Gasteiger partial charge in [0.2, 0.25) is 0 Å². The van der Waals surface area contributed by atoms with Gasteiger partial charge < -0.3 is 5.11 Å². The second-order valence-corrected chi connectivity index (χ2v) is 5.50. The van der Waals surface area contributed by atoms with Gasteiger partial charge in [0.25, 0.3) is 0 Å². The van der Waals surface area contributed by atoms with Crippen LogP contribution in [0.5, 0.6) is 0 Å². The highest BCUT2D eigenvalue weighted by Gasteiger charge is 2.04. The molecule has 88 valence electrons. The third-order valence-electron chi connectivity index (χ3n) is 2.41. The Morgan fingerprint density at radius 2 is 1.94 bits per heavy atom. The predicted octanol–water partition coefficient (Wildman–Crippen LogP) is 4.32. The fourth-order valence-electron chi connectivity index (χ4n) is 1.47. The van der Waals surface area contributed by atoms with Crippen molar-refractivity contribution in [1.82, 2.24) is 0 Å². The molecule has 2 nitrogen and oxygen atoms in total. The molecule has 1 rings (SSSR count). The maximum absolute atomic E-state index is 10.4. The zero-order valence-electron chi connectivity index (χ0n) is 9.09. The molecule has 0 bridgehead atoms. The molecule has 1 aromatic carbocycles. The van der Waals surface area contributed by atoms with Crippen molar-refractivity contribution >= 4 is 37.8 Å². The second-order valence-electron chi connectivity index (χ2n) is 3.79. The number of aryl methyl sites for hydroxylation is 2. The van der Waals surface area contributed by atoms with Crippen LogP contribution in [-0.2, 0) is 11.2 Å². The highest BCUT2D eigenvalue weighted by atomic mass is 79.9. The summed E-state index contributed by atoms with van der Waals surface area (Å²) in [6.07, 6.45) is 2.80. The molecule has 0 amide bonds. The van der Waals surface area contributed by atoms with Crippen LogP contribution in [0.3, 0.4) is 0 Å². The Balaban J connectivity index is 2.54. The van der Waals surface area contributed by atoms with Gasteiger partial charge in [0.1, 0.15) is 0 Å². The van der Waals surface area contributed by atoms with Gasteiger partial charge in [-0.25, -0.2) is 0 Å². The molecule has 0 aromatic heterocycles. The molecule has 0 aliphatic rings. The number of unbranched alkanes of at least 4 members (excludes halogenated alkanes) is 1. The van der Waals surface area contributed by atoms with Crippen LogP contribution >= 0.6 is 31.9 Å². The van der Waals surface area contributed by atoms with E-state index in [1.807, 2.05) is 6.92 Å². The molecule has 0 fully saturated rings. The maximum atomic E-state index is 10.4. The quantitative estimate of drug-likeness (QED) is 0.804. The number of benzene rings is 1. The molecular formula is C12H14Br2O2. The number of carbonyl (C=O) groups is 1. The van der Waals surface area contributed by atoms with Crippen LogP contribution in [0.25, 0.3) is 0 Å². The second kappa shape index (κ2) is 6.40. The van der Waals surface area contributed by atoms with E-state index in [2.05, 4.69) is 44.0 Å². The molecule has 0 saturated carbocycles. The van der Waals surface area contributed by atoms with Crippen molar-refractivity contribution in [2.45, 2.75) is 32.6 Å². The van der Waals surface area contributed by atoms with E-state index < -0.39 is 5.97 Å². The zero-order chi connectivity index (χ0) is 12.1. The van der Waals surface area contributed by atoms with Crippen molar-refractivity contribution in [2.75, 3.05) is 0 Å². The molecule has 0 heterocycles. The van der Waals surface area contributed by atoms with Crippen molar-refractivity contribution in [3.05, 3.63) is 32.2 Å². The molecule has 4 heteroatoms. The Bertz CT molecular complexity index is 389. The fraction of sp³-hybridized carbons (Fsp3) is 0.417. The molecule has 16 heavy (non-hydrogen) atoms. The lowest BCUT2D eigenvalue weighted by Crippen LogP contribution is -1.95. The molecule has 0 aliphatic carbocycles. The summed E-state index contributed by atoms with van der Waals surface area (Å²) in [5.74, 6) is -0.718. The van der Waals surface area contributed by atoms with Crippen LogP contribution in [0.4, 0.5) is 0 Å². The van der Waals surface area contributed by atoms with Gasteiger partial charge in [-0.3, -0.25) is 4.79 Å². The minimum atomic E-state index is -0.718. The number of aliphatic carboxylic acids is 1. The van der Waals surface area contributed by atoms with Gasteiger partial charge >= 0.3 is 5.97 Å². The predicted molar refractivity (Wildman–Crippen MR) is 71.8 cm³/mol. The Kier molecular flexibility index (Phi) is 5.49. The number of rotatable bonds is 5. The standard InChI is InChI=1S/C12H14Br2O2/c1-8-6-11(14)9(7-10(8)13)4-2-3-5-12(15)16/h6-7H,2-5H2,1H3,(H,15,16). The topological polar surface area (TPSA) is 37.3 Å². The number of halogens is 2. The maximum Gasteiger partial charge on any atom is 0.303 e. The minimum absolute atomic E-state index is 0.255. The number of carboxylic acid groups (broad SMARTS) is 1. The Morgan fingerprint density at radius 3 is 2.56 bits per heavy atom. The third-order valence-corrected chi connectivity index (χ3v) is 4.01. The van der Waals surface area contributed by atoms with Gasteiger partial charge in [-0.1, -0.05) is 31.9 Å². The van der Waals surface area contributed by atoms with Gasteiger partial charge in [0.15, 0.2) is 0 Å². The summed E-state index contributed by atoms with van der Waals surface area (Å²) >= 11 is 7.02. The first-order valence-corrected chi connectivity index (χ1v) is 6.75. The van der Waals surface area contributed by atoms with Crippen molar-refractivity contribution in [1.29, 1.82) is 0 Å². The van der Waals surface area contributed by atoms with Crippen LogP contribution in [0, 0.1) is 6.92 Å². The van der Waals surface area contributed by atoms with Gasteiger partial charge in [-0.05, 0) is 49.4 Å². The SMILES string of the molecule is Cc1cc(Br)c(CCCCC(=O)O)cc1Br. The number of hydrogen-bond acceptors (Lipinski definition) is 1. The van der Waals surface area contributed by atoms with E-state index in [4.69, 9.17) is 5.11 Å². The van der Waals surface area contributed by atoms with E-state index in [9.17, 15) is 4.79 Å². The largest absolute Gasteiger partial charge is 0.481 e. The first-order chi connectivity index (χ1) is 7.50. The highest BCUT2D eigenvalue weighted by Crippen LogP contribution is 2.26. The average Bonchev–Trinajstić information content (AvgIpc) is 2.19. The van der Waals surface area contributed by atoms with Gasteiger partial charge in [-0.15, -0.1) is 0 Å². The summed E-state index contributed by atoms with van der Waals surface area (Å²) in [6.45, 7) is 2.04. The number of carboxylic acids is 1. The smallest absolute Gasteiger partial charge is 0.303 e. The Labute approximate surface area is 112 Å². The normalized spacial score (nSPS) is 10.4. The summed E-state index contributed by atoms with van der Waals surface area (Å²) in [5, 5.41) is 8.53. The van der Waals surface area contributed by atoms with E-state index >= 15 is 0 Å². The fourth-order valence-corrected chi connectivity index (χ4v) is 2.52. The lowest BCUT2D eigenvalue weighted by molar-refractivity contribution is -0.137. The van der Waals surface area contributed by atoms with E-state index in [-0.39, 0.29) is 6.42 Å². The zero-order valence-corrected chi connectivity index (χ0v) is 12.3. The van der Waals surface area contributed by atoms with E-state index in [0.717, 1.165) is 28.2 Å². The average molecular weight is 350 g/mol. The third kappa shape index (κ3) is 4.26. The minimum Gasteiger partial charge on any atom is -0.481 e. The van der Waals surface area contributed by atoms with E-state index in [1.54, 1.807) is 0 Å². The van der Waals surface area contributed by atoms with Crippen LogP contribution < -0.4 is 0 Å². The Hall–Kier alpha value is -0.350. The lowest BCUT2D eigenvalue weighted by Gasteiger charge is -2.07. The molecule has 1 N–H and O–H groups in total. The van der Waals surface area contributed by atoms with E-state index in [1.165, 1.54) is 11.1 Å². The molecule has 0 atom stereocenters. The first-order valence-electron chi connectivity index (χ1n) is 5.17. The molecule has 1 aromatic rings. The monoisotopic (exact) mass is 348 g/mol. The lowest BCUT2D eigenvalue weighted by atomic mass is 10.1.